The van der Waals surface area contributed by atoms with E-state index < -0.39 is 16.1 Å². The number of carbonyl (C=O) groups is 1. The van der Waals surface area contributed by atoms with Crippen LogP contribution in [0.3, 0.4) is 0 Å². The lowest BCUT2D eigenvalue weighted by Gasteiger charge is -2.34. The first kappa shape index (κ1) is 20.6. The van der Waals surface area contributed by atoms with Gasteiger partial charge in [0.2, 0.25) is 5.91 Å². The number of carbonyl (C=O) groups excluding carboxylic acids is 1. The Kier molecular flexibility index (Phi) is 5.90. The van der Waals surface area contributed by atoms with E-state index in [0.717, 1.165) is 28.0 Å². The highest BCUT2D eigenvalue weighted by Gasteiger charge is 2.39. The third-order valence-corrected chi connectivity index (χ3v) is 8.44. The van der Waals surface area contributed by atoms with Crippen molar-refractivity contribution in [3.05, 3.63) is 82.7 Å². The fourth-order valence-corrected chi connectivity index (χ4v) is 6.33. The van der Waals surface area contributed by atoms with Gasteiger partial charge < -0.3 is 10.1 Å². The minimum atomic E-state index is -3.79. The lowest BCUT2D eigenvalue weighted by Crippen LogP contribution is -2.52. The number of hydrogen-bond acceptors (Lipinski definition) is 5. The van der Waals surface area contributed by atoms with E-state index in [2.05, 4.69) is 5.32 Å². The molecule has 0 saturated heterocycles. The summed E-state index contributed by atoms with van der Waals surface area (Å²) in [5.74, 6) is 0.352. The number of rotatable bonds is 6. The van der Waals surface area contributed by atoms with E-state index in [9.17, 15) is 13.2 Å². The normalized spacial score (nSPS) is 16.6. The molecule has 2 heterocycles. The molecule has 0 aliphatic carbocycles. The Morgan fingerprint density at radius 3 is 2.57 bits per heavy atom. The molecule has 1 atom stereocenters. The zero-order valence-corrected chi connectivity index (χ0v) is 18.1. The predicted molar refractivity (Wildman–Crippen MR) is 116 cm³/mol. The maximum Gasteiger partial charge on any atom is 0.253 e. The van der Waals surface area contributed by atoms with Gasteiger partial charge in [-0.3, -0.25) is 4.79 Å². The van der Waals surface area contributed by atoms with Crippen molar-refractivity contribution in [3.63, 3.8) is 0 Å². The van der Waals surface area contributed by atoms with Gasteiger partial charge in [-0.25, -0.2) is 8.42 Å². The van der Waals surface area contributed by atoms with Crippen LogP contribution >= 0.6 is 11.3 Å². The van der Waals surface area contributed by atoms with E-state index >= 15 is 0 Å². The highest BCUT2D eigenvalue weighted by Crippen LogP contribution is 2.31. The summed E-state index contributed by atoms with van der Waals surface area (Å²) in [6.07, 6.45) is 0.332. The first-order chi connectivity index (χ1) is 14.5. The molecule has 0 radical (unpaired) electrons. The lowest BCUT2D eigenvalue weighted by molar-refractivity contribution is -0.125. The van der Waals surface area contributed by atoms with Crippen molar-refractivity contribution < 1.29 is 17.9 Å². The van der Waals surface area contributed by atoms with Gasteiger partial charge in [-0.1, -0.05) is 48.5 Å². The first-order valence-corrected chi connectivity index (χ1v) is 11.8. The quantitative estimate of drug-likeness (QED) is 0.636. The smallest absolute Gasteiger partial charge is 0.253 e. The van der Waals surface area contributed by atoms with Crippen molar-refractivity contribution in [1.29, 1.82) is 0 Å². The maximum absolute atomic E-state index is 13.3. The average molecular weight is 443 g/mol. The molecule has 1 aliphatic heterocycles. The van der Waals surface area contributed by atoms with Crippen molar-refractivity contribution in [2.45, 2.75) is 29.8 Å². The second-order valence-corrected chi connectivity index (χ2v) is 10.1. The van der Waals surface area contributed by atoms with Crippen molar-refractivity contribution in [2.24, 2.45) is 0 Å². The van der Waals surface area contributed by atoms with E-state index in [0.29, 0.717) is 12.2 Å². The summed E-state index contributed by atoms with van der Waals surface area (Å²) in [5, 5.41) is 4.62. The van der Waals surface area contributed by atoms with Gasteiger partial charge in [0.1, 0.15) is 16.0 Å². The van der Waals surface area contributed by atoms with Crippen molar-refractivity contribution in [1.82, 2.24) is 9.62 Å². The third-order valence-electron chi connectivity index (χ3n) is 5.21. The van der Waals surface area contributed by atoms with Gasteiger partial charge in [0.15, 0.2) is 0 Å². The number of ether oxygens (including phenoxy) is 1. The molecule has 156 valence electrons. The van der Waals surface area contributed by atoms with Gasteiger partial charge in [0.25, 0.3) is 10.0 Å². The summed E-state index contributed by atoms with van der Waals surface area (Å²) in [6, 6.07) is 17.5. The monoisotopic (exact) mass is 442 g/mol. The van der Waals surface area contributed by atoms with Crippen LogP contribution in [0.1, 0.15) is 16.7 Å². The lowest BCUT2D eigenvalue weighted by atomic mass is 9.95. The highest BCUT2D eigenvalue weighted by molar-refractivity contribution is 7.91. The molecule has 6 nitrogen and oxygen atoms in total. The predicted octanol–water partition coefficient (Wildman–Crippen LogP) is 3.19. The minimum Gasteiger partial charge on any atom is -0.496 e. The molecule has 0 bridgehead atoms. The number of benzene rings is 2. The van der Waals surface area contributed by atoms with Crippen LogP contribution in [0.2, 0.25) is 0 Å². The fourth-order valence-electron chi connectivity index (χ4n) is 3.65. The highest BCUT2D eigenvalue weighted by atomic mass is 32.2. The number of methoxy groups -OCH3 is 1. The summed E-state index contributed by atoms with van der Waals surface area (Å²) in [5.41, 5.74) is 2.75. The maximum atomic E-state index is 13.3. The summed E-state index contributed by atoms with van der Waals surface area (Å²) >= 11 is 1.16. The molecule has 8 heteroatoms. The molecule has 1 N–H and O–H groups in total. The Bertz CT molecular complexity index is 1140. The van der Waals surface area contributed by atoms with Crippen LogP contribution < -0.4 is 10.1 Å². The van der Waals surface area contributed by atoms with Gasteiger partial charge in [-0.2, -0.15) is 4.31 Å². The number of fused-ring (bicyclic) bond motifs is 1. The van der Waals surface area contributed by atoms with Crippen LogP contribution in [0.25, 0.3) is 0 Å². The molecule has 30 heavy (non-hydrogen) atoms. The second-order valence-electron chi connectivity index (χ2n) is 7.00. The van der Waals surface area contributed by atoms with E-state index in [4.69, 9.17) is 4.74 Å². The molecule has 3 aromatic rings. The Balaban J connectivity index is 1.62. The first-order valence-electron chi connectivity index (χ1n) is 9.52. The average Bonchev–Trinajstić information content (AvgIpc) is 3.32. The van der Waals surface area contributed by atoms with Gasteiger partial charge in [0.05, 0.1) is 7.11 Å². The Hall–Kier alpha value is -2.68. The largest absolute Gasteiger partial charge is 0.496 e. The van der Waals surface area contributed by atoms with Crippen molar-refractivity contribution >= 4 is 27.3 Å². The van der Waals surface area contributed by atoms with Gasteiger partial charge in [-0.05, 0) is 35.1 Å². The molecule has 0 fully saturated rings. The topological polar surface area (TPSA) is 75.7 Å². The molecule has 1 aliphatic rings. The van der Waals surface area contributed by atoms with Crippen molar-refractivity contribution in [3.8, 4) is 5.75 Å². The molecule has 1 amide bonds. The zero-order chi connectivity index (χ0) is 21.1. The molecule has 0 spiro atoms. The summed E-state index contributed by atoms with van der Waals surface area (Å²) in [7, 11) is -2.21. The SMILES string of the molecule is COc1ccccc1CNC(=O)C1Cc2ccccc2CN1S(=O)(=O)c1cccs1. The molecule has 0 saturated carbocycles. The minimum absolute atomic E-state index is 0.170. The number of nitrogens with one attached hydrogen (secondary N) is 1. The van der Waals surface area contributed by atoms with Crippen LogP contribution in [0.4, 0.5) is 0 Å². The summed E-state index contributed by atoms with van der Waals surface area (Å²) in [4.78, 5) is 13.2. The van der Waals surface area contributed by atoms with Crippen molar-refractivity contribution in [2.75, 3.05) is 7.11 Å². The van der Waals surface area contributed by atoms with E-state index in [-0.39, 0.29) is 23.2 Å². The summed E-state index contributed by atoms with van der Waals surface area (Å²) < 4.78 is 33.5. The Morgan fingerprint density at radius 1 is 1.10 bits per heavy atom. The van der Waals surface area contributed by atoms with E-state index in [1.807, 2.05) is 48.5 Å². The molecular weight excluding hydrogens is 420 g/mol. The third kappa shape index (κ3) is 3.98. The van der Waals surface area contributed by atoms with Gasteiger partial charge in [0, 0.05) is 18.7 Å². The summed E-state index contributed by atoms with van der Waals surface area (Å²) in [6.45, 7) is 0.428. The standard InChI is InChI=1S/C22H22N2O4S2/c1-28-20-10-5-4-8-17(20)14-23-22(25)19-13-16-7-2-3-9-18(16)15-24(19)30(26,27)21-11-6-12-29-21/h2-12,19H,13-15H2,1H3,(H,23,25). The number of nitrogens with zero attached hydrogens (tertiary/aromatic N) is 1. The zero-order valence-electron chi connectivity index (χ0n) is 16.4. The molecular formula is C22H22N2O4S2. The van der Waals surface area contributed by atoms with Crippen LogP contribution in [0.15, 0.2) is 70.3 Å². The fraction of sp³-hybridized carbons (Fsp3) is 0.227. The molecule has 1 aromatic heterocycles. The number of sulfonamides is 1. The van der Waals surface area contributed by atoms with Crippen LogP contribution in [-0.2, 0) is 34.3 Å². The number of thiophene rings is 1. The number of amides is 1. The Labute approximate surface area is 180 Å². The molecule has 2 aromatic carbocycles. The molecule has 1 unspecified atom stereocenters. The molecule has 4 rings (SSSR count). The van der Waals surface area contributed by atoms with Crippen LogP contribution in [0, 0.1) is 0 Å². The van der Waals surface area contributed by atoms with Gasteiger partial charge >= 0.3 is 0 Å². The van der Waals surface area contributed by atoms with Gasteiger partial charge in [-0.15, -0.1) is 11.3 Å². The van der Waals surface area contributed by atoms with Crippen LogP contribution in [-0.4, -0.2) is 31.8 Å². The Morgan fingerprint density at radius 2 is 1.83 bits per heavy atom. The second kappa shape index (κ2) is 8.59. The van der Waals surface area contributed by atoms with Crippen LogP contribution in [0.5, 0.6) is 5.75 Å². The van der Waals surface area contributed by atoms with E-state index in [1.54, 1.807) is 24.6 Å². The van der Waals surface area contributed by atoms with E-state index in [1.165, 1.54) is 4.31 Å². The number of hydrogen-bond donors (Lipinski definition) is 1. The number of para-hydroxylation sites is 1.